The Kier molecular flexibility index (Phi) is 45.2. The van der Waals surface area contributed by atoms with E-state index in [-0.39, 0.29) is 25.6 Å². The standard InChI is InChI=1S/C49H93O9P/c1-3-5-7-9-11-13-15-17-19-21-23-25-27-29-31-33-35-37-39-41-49(52)58-48(46-57-59(53,54)56-44-47(51)43-50)45-55-42-40-38-36-34-32-30-28-26-24-22-20-18-16-14-12-10-8-6-4-2/h11,13,17,19-20,22,47-48,50-51H,3-10,12,14-16,18,21,23-46H2,1-2H3,(H,53,54)/b13-11-,19-17-,22-20-. The summed E-state index contributed by atoms with van der Waals surface area (Å²) in [7, 11) is -4.52. The highest BCUT2D eigenvalue weighted by Crippen LogP contribution is 2.43. The van der Waals surface area contributed by atoms with Crippen LogP contribution in [0.3, 0.4) is 0 Å². The molecule has 10 heteroatoms. The van der Waals surface area contributed by atoms with Gasteiger partial charge in [0.05, 0.1) is 26.4 Å². The lowest BCUT2D eigenvalue weighted by atomic mass is 10.1. The Balaban J connectivity index is 4.11. The van der Waals surface area contributed by atoms with E-state index in [9.17, 15) is 19.4 Å². The van der Waals surface area contributed by atoms with Gasteiger partial charge in [0, 0.05) is 13.0 Å². The number of rotatable bonds is 47. The van der Waals surface area contributed by atoms with Gasteiger partial charge in [-0.3, -0.25) is 13.8 Å². The molecule has 59 heavy (non-hydrogen) atoms. The number of allylic oxidation sites excluding steroid dienone is 6. The first kappa shape index (κ1) is 57.7. The average molecular weight is 857 g/mol. The smallest absolute Gasteiger partial charge is 0.457 e. The number of carbonyl (C=O) groups is 1. The van der Waals surface area contributed by atoms with Crippen LogP contribution in [0.15, 0.2) is 36.5 Å². The van der Waals surface area contributed by atoms with Crippen molar-refractivity contribution in [1.82, 2.24) is 0 Å². The zero-order valence-electron chi connectivity index (χ0n) is 38.2. The summed E-state index contributed by atoms with van der Waals surface area (Å²) in [6.07, 6.45) is 51.0. The third-order valence-electron chi connectivity index (χ3n) is 10.5. The fraction of sp³-hybridized carbons (Fsp3) is 0.857. The zero-order valence-corrected chi connectivity index (χ0v) is 39.1. The van der Waals surface area contributed by atoms with E-state index in [1.165, 1.54) is 154 Å². The largest absolute Gasteiger partial charge is 0.472 e. The molecule has 0 amide bonds. The van der Waals surface area contributed by atoms with Crippen molar-refractivity contribution in [3.8, 4) is 0 Å². The molecule has 0 rings (SSSR count). The van der Waals surface area contributed by atoms with E-state index < -0.39 is 33.2 Å². The predicted molar refractivity (Wildman–Crippen MR) is 247 cm³/mol. The van der Waals surface area contributed by atoms with Crippen LogP contribution < -0.4 is 0 Å². The van der Waals surface area contributed by atoms with Gasteiger partial charge in [-0.15, -0.1) is 0 Å². The van der Waals surface area contributed by atoms with E-state index in [1.54, 1.807) is 0 Å². The molecule has 9 nitrogen and oxygen atoms in total. The first-order valence-electron chi connectivity index (χ1n) is 24.5. The number of phosphoric acid groups is 1. The number of carbonyl (C=O) groups excluding carboxylic acids is 1. The number of hydrogen-bond donors (Lipinski definition) is 3. The van der Waals surface area contributed by atoms with Crippen molar-refractivity contribution in [3.63, 3.8) is 0 Å². The van der Waals surface area contributed by atoms with Gasteiger partial charge in [0.25, 0.3) is 0 Å². The first-order chi connectivity index (χ1) is 28.8. The number of ether oxygens (including phenoxy) is 2. The van der Waals surface area contributed by atoms with E-state index in [2.05, 4.69) is 50.3 Å². The van der Waals surface area contributed by atoms with Crippen LogP contribution in [0.5, 0.6) is 0 Å². The summed E-state index contributed by atoms with van der Waals surface area (Å²) in [6, 6.07) is 0. The molecule has 0 saturated carbocycles. The van der Waals surface area contributed by atoms with Gasteiger partial charge in [0.1, 0.15) is 12.2 Å². The van der Waals surface area contributed by atoms with Crippen LogP contribution >= 0.6 is 7.82 Å². The summed E-state index contributed by atoms with van der Waals surface area (Å²) in [6.45, 7) is 3.51. The maximum atomic E-state index is 12.7. The predicted octanol–water partition coefficient (Wildman–Crippen LogP) is 14.0. The molecule has 0 fully saturated rings. The van der Waals surface area contributed by atoms with Crippen LogP contribution in [0.4, 0.5) is 0 Å². The normalized spacial score (nSPS) is 14.2. The Morgan fingerprint density at radius 1 is 0.525 bits per heavy atom. The second-order valence-electron chi connectivity index (χ2n) is 16.5. The van der Waals surface area contributed by atoms with Crippen LogP contribution in [0.1, 0.15) is 226 Å². The van der Waals surface area contributed by atoms with Crippen LogP contribution in [-0.2, 0) is 27.9 Å². The molecule has 0 saturated heterocycles. The Bertz CT molecular complexity index is 1020. The van der Waals surface area contributed by atoms with E-state index in [1.807, 2.05) is 0 Å². The lowest BCUT2D eigenvalue weighted by Crippen LogP contribution is -2.29. The molecule has 0 aliphatic rings. The summed E-state index contributed by atoms with van der Waals surface area (Å²) in [5, 5.41) is 18.4. The number of aliphatic hydroxyl groups is 2. The van der Waals surface area contributed by atoms with Gasteiger partial charge in [-0.1, -0.05) is 185 Å². The molecule has 0 aromatic carbocycles. The van der Waals surface area contributed by atoms with Gasteiger partial charge in [0.2, 0.25) is 0 Å². The molecule has 3 atom stereocenters. The lowest BCUT2D eigenvalue weighted by Gasteiger charge is -2.20. The van der Waals surface area contributed by atoms with Gasteiger partial charge in [-0.25, -0.2) is 4.57 Å². The minimum Gasteiger partial charge on any atom is -0.457 e. The third kappa shape index (κ3) is 46.0. The van der Waals surface area contributed by atoms with Gasteiger partial charge in [-0.05, 0) is 70.6 Å². The van der Waals surface area contributed by atoms with Crippen molar-refractivity contribution in [2.75, 3.05) is 33.0 Å². The molecule has 0 aromatic rings. The lowest BCUT2D eigenvalue weighted by molar-refractivity contribution is -0.154. The van der Waals surface area contributed by atoms with Crippen molar-refractivity contribution >= 4 is 13.8 Å². The fourth-order valence-electron chi connectivity index (χ4n) is 6.79. The van der Waals surface area contributed by atoms with E-state index >= 15 is 0 Å². The summed E-state index contributed by atoms with van der Waals surface area (Å²) in [4.78, 5) is 22.7. The van der Waals surface area contributed by atoms with Gasteiger partial charge in [-0.2, -0.15) is 0 Å². The van der Waals surface area contributed by atoms with Crippen LogP contribution in [0.25, 0.3) is 0 Å². The number of hydrogen-bond acceptors (Lipinski definition) is 8. The van der Waals surface area contributed by atoms with Gasteiger partial charge < -0.3 is 24.6 Å². The molecule has 0 radical (unpaired) electrons. The van der Waals surface area contributed by atoms with Crippen molar-refractivity contribution < 1.29 is 43.0 Å². The molecule has 0 heterocycles. The molecular weight excluding hydrogens is 764 g/mol. The fourth-order valence-corrected chi connectivity index (χ4v) is 7.58. The summed E-state index contributed by atoms with van der Waals surface area (Å²) >= 11 is 0. The number of phosphoric ester groups is 1. The zero-order chi connectivity index (χ0) is 43.2. The highest BCUT2D eigenvalue weighted by Gasteiger charge is 2.26. The Morgan fingerprint density at radius 3 is 1.41 bits per heavy atom. The molecule has 3 N–H and O–H groups in total. The Morgan fingerprint density at radius 2 is 0.915 bits per heavy atom. The number of esters is 1. The molecular formula is C49H93O9P. The SMILES string of the molecule is CCCCC/C=C\C/C=C\CCCCCCCCCCCC(=O)OC(COCCCCCCCCCC/C=C\CCCCCCCCC)COP(=O)(O)OCC(O)CO. The Hall–Kier alpha value is -1.32. The highest BCUT2D eigenvalue weighted by molar-refractivity contribution is 7.47. The maximum Gasteiger partial charge on any atom is 0.472 e. The summed E-state index contributed by atoms with van der Waals surface area (Å²) in [5.41, 5.74) is 0. The van der Waals surface area contributed by atoms with E-state index in [0.29, 0.717) is 6.61 Å². The monoisotopic (exact) mass is 857 g/mol. The van der Waals surface area contributed by atoms with Crippen molar-refractivity contribution in [3.05, 3.63) is 36.5 Å². The van der Waals surface area contributed by atoms with Crippen LogP contribution in [-0.4, -0.2) is 66.3 Å². The average Bonchev–Trinajstić information content (AvgIpc) is 3.23. The van der Waals surface area contributed by atoms with Crippen LogP contribution in [0, 0.1) is 0 Å². The molecule has 3 unspecified atom stereocenters. The second-order valence-corrected chi connectivity index (χ2v) is 17.9. The minimum atomic E-state index is -4.52. The summed E-state index contributed by atoms with van der Waals surface area (Å²) < 4.78 is 33.5. The topological polar surface area (TPSA) is 132 Å². The molecule has 0 aliphatic heterocycles. The molecule has 0 bridgehead atoms. The molecule has 0 aromatic heterocycles. The highest BCUT2D eigenvalue weighted by atomic mass is 31.2. The molecule has 348 valence electrons. The van der Waals surface area contributed by atoms with E-state index in [0.717, 1.165) is 51.4 Å². The third-order valence-corrected chi connectivity index (χ3v) is 11.5. The first-order valence-corrected chi connectivity index (χ1v) is 26.0. The molecule has 0 spiro atoms. The number of aliphatic hydroxyl groups excluding tert-OH is 2. The number of unbranched alkanes of at least 4 members (excludes halogenated alkanes) is 27. The van der Waals surface area contributed by atoms with Gasteiger partial charge in [0.15, 0.2) is 0 Å². The second kappa shape index (κ2) is 46.2. The van der Waals surface area contributed by atoms with Crippen molar-refractivity contribution in [1.29, 1.82) is 0 Å². The maximum absolute atomic E-state index is 12.7. The van der Waals surface area contributed by atoms with E-state index in [4.69, 9.17) is 23.6 Å². The quantitative estimate of drug-likeness (QED) is 0.0237. The Labute approximate surface area is 363 Å². The minimum absolute atomic E-state index is 0.0469. The molecule has 0 aliphatic carbocycles. The van der Waals surface area contributed by atoms with Crippen molar-refractivity contribution in [2.45, 2.75) is 238 Å². The summed E-state index contributed by atoms with van der Waals surface area (Å²) in [5.74, 6) is -0.386. The van der Waals surface area contributed by atoms with Gasteiger partial charge >= 0.3 is 13.8 Å². The van der Waals surface area contributed by atoms with Crippen LogP contribution in [0.2, 0.25) is 0 Å². The van der Waals surface area contributed by atoms with Crippen molar-refractivity contribution in [2.24, 2.45) is 0 Å².